The van der Waals surface area contributed by atoms with Gasteiger partial charge in [-0.2, -0.15) is 0 Å². The third-order valence-electron chi connectivity index (χ3n) is 2.98. The average molecular weight is 299 g/mol. The molecule has 1 aliphatic rings. The van der Waals surface area contributed by atoms with E-state index >= 15 is 0 Å². The van der Waals surface area contributed by atoms with Crippen molar-refractivity contribution in [3.63, 3.8) is 0 Å². The second kappa shape index (κ2) is 5.16. The predicted octanol–water partition coefficient (Wildman–Crippen LogP) is 0.870. The Morgan fingerprint density at radius 2 is 2.35 bits per heavy atom. The highest BCUT2D eigenvalue weighted by molar-refractivity contribution is 9.10. The number of halogens is 1. The number of β-amino-alcohol motifs (C(OH)–C–C–N with tert-alkyl or cyclic N) is 1. The minimum Gasteiger partial charge on any atom is -0.392 e. The summed E-state index contributed by atoms with van der Waals surface area (Å²) in [6.07, 6.45) is -0.0248. The highest BCUT2D eigenvalue weighted by Crippen LogP contribution is 2.21. The lowest BCUT2D eigenvalue weighted by molar-refractivity contribution is -0.122. The van der Waals surface area contributed by atoms with Crippen LogP contribution in [-0.2, 0) is 11.3 Å². The van der Waals surface area contributed by atoms with Gasteiger partial charge in [0.05, 0.1) is 12.1 Å². The Balaban J connectivity index is 2.09. The zero-order valence-electron chi connectivity index (χ0n) is 9.34. The van der Waals surface area contributed by atoms with Gasteiger partial charge in [-0.1, -0.05) is 28.1 Å². The van der Waals surface area contributed by atoms with Crippen molar-refractivity contribution in [2.24, 2.45) is 5.73 Å². The zero-order chi connectivity index (χ0) is 12.4. The quantitative estimate of drug-likeness (QED) is 0.870. The molecule has 1 saturated heterocycles. The van der Waals surface area contributed by atoms with Crippen molar-refractivity contribution in [2.45, 2.75) is 25.1 Å². The molecule has 0 aliphatic carbocycles. The van der Waals surface area contributed by atoms with Crippen LogP contribution in [0.4, 0.5) is 0 Å². The van der Waals surface area contributed by atoms with Crippen LogP contribution in [0.5, 0.6) is 0 Å². The molecule has 1 aromatic rings. The van der Waals surface area contributed by atoms with Crippen LogP contribution in [0.15, 0.2) is 28.7 Å². The summed E-state index contributed by atoms with van der Waals surface area (Å²) in [5.41, 5.74) is 6.43. The first kappa shape index (κ1) is 12.5. The molecule has 5 heteroatoms. The Morgan fingerprint density at radius 3 is 3.00 bits per heavy atom. The number of aliphatic hydroxyl groups is 1. The van der Waals surface area contributed by atoms with Crippen molar-refractivity contribution < 1.29 is 9.90 Å². The van der Waals surface area contributed by atoms with E-state index in [1.807, 2.05) is 29.2 Å². The number of hydrogen-bond donors (Lipinski definition) is 2. The molecule has 1 fully saturated rings. The molecule has 2 unspecified atom stereocenters. The van der Waals surface area contributed by atoms with E-state index in [0.717, 1.165) is 10.0 Å². The molecule has 3 N–H and O–H groups in total. The first-order valence-corrected chi connectivity index (χ1v) is 6.31. The van der Waals surface area contributed by atoms with Crippen molar-refractivity contribution in [1.29, 1.82) is 0 Å². The summed E-state index contributed by atoms with van der Waals surface area (Å²) < 4.78 is 1.00. The summed E-state index contributed by atoms with van der Waals surface area (Å²) in [4.78, 5) is 13.2. The van der Waals surface area contributed by atoms with E-state index < -0.39 is 6.10 Å². The van der Waals surface area contributed by atoms with Gasteiger partial charge in [0.1, 0.15) is 0 Å². The van der Waals surface area contributed by atoms with Crippen molar-refractivity contribution >= 4 is 21.8 Å². The third-order valence-corrected chi connectivity index (χ3v) is 3.48. The van der Waals surface area contributed by atoms with Crippen molar-refractivity contribution in [3.8, 4) is 0 Å². The summed E-state index contributed by atoms with van der Waals surface area (Å²) in [5.74, 6) is -0.364. The number of carbonyl (C=O) groups excluding carboxylic acids is 1. The van der Waals surface area contributed by atoms with Gasteiger partial charge in [0.25, 0.3) is 0 Å². The Hall–Kier alpha value is -0.910. The van der Waals surface area contributed by atoms with Gasteiger partial charge in [-0.15, -0.1) is 0 Å². The Bertz CT molecular complexity index is 425. The molecule has 2 atom stereocenters. The van der Waals surface area contributed by atoms with E-state index in [9.17, 15) is 9.90 Å². The number of nitrogens with two attached hydrogens (primary N) is 1. The van der Waals surface area contributed by atoms with Gasteiger partial charge in [-0.05, 0) is 24.1 Å². The molecular formula is C12H15BrN2O2. The maximum atomic E-state index is 11.3. The summed E-state index contributed by atoms with van der Waals surface area (Å²) in [6, 6.07) is 7.54. The Labute approximate surface area is 109 Å². The van der Waals surface area contributed by atoms with Crippen LogP contribution < -0.4 is 5.73 Å². The minimum absolute atomic E-state index is 0.357. The van der Waals surface area contributed by atoms with Crippen LogP contribution in [0.3, 0.4) is 0 Å². The smallest absolute Gasteiger partial charge is 0.234 e. The zero-order valence-corrected chi connectivity index (χ0v) is 10.9. The lowest BCUT2D eigenvalue weighted by atomic mass is 10.1. The normalized spacial score (nSPS) is 25.1. The molecular weight excluding hydrogens is 284 g/mol. The SMILES string of the molecule is NC(=O)C1CC(O)CN1Cc1cccc(Br)c1. The molecule has 1 aliphatic heterocycles. The fourth-order valence-electron chi connectivity index (χ4n) is 2.22. The van der Waals surface area contributed by atoms with Crippen LogP contribution in [0.25, 0.3) is 0 Å². The van der Waals surface area contributed by atoms with Gasteiger partial charge in [0, 0.05) is 17.6 Å². The average Bonchev–Trinajstić information content (AvgIpc) is 2.59. The summed E-state index contributed by atoms with van der Waals surface area (Å²) in [6.45, 7) is 1.13. The highest BCUT2D eigenvalue weighted by atomic mass is 79.9. The summed E-state index contributed by atoms with van der Waals surface area (Å²) >= 11 is 3.41. The number of carbonyl (C=O) groups is 1. The molecule has 4 nitrogen and oxygen atoms in total. The molecule has 1 amide bonds. The lowest BCUT2D eigenvalue weighted by Crippen LogP contribution is -2.39. The van der Waals surface area contributed by atoms with E-state index in [1.165, 1.54) is 0 Å². The van der Waals surface area contributed by atoms with Gasteiger partial charge in [0.2, 0.25) is 5.91 Å². The van der Waals surface area contributed by atoms with Crippen LogP contribution >= 0.6 is 15.9 Å². The number of benzene rings is 1. The van der Waals surface area contributed by atoms with E-state index in [4.69, 9.17) is 5.73 Å². The maximum Gasteiger partial charge on any atom is 0.234 e. The van der Waals surface area contributed by atoms with E-state index in [0.29, 0.717) is 19.5 Å². The molecule has 17 heavy (non-hydrogen) atoms. The first-order valence-electron chi connectivity index (χ1n) is 5.52. The van der Waals surface area contributed by atoms with E-state index in [2.05, 4.69) is 15.9 Å². The Morgan fingerprint density at radius 1 is 1.59 bits per heavy atom. The number of amides is 1. The largest absolute Gasteiger partial charge is 0.392 e. The second-order valence-electron chi connectivity index (χ2n) is 4.37. The van der Waals surface area contributed by atoms with Gasteiger partial charge in [-0.3, -0.25) is 9.69 Å². The second-order valence-corrected chi connectivity index (χ2v) is 5.28. The van der Waals surface area contributed by atoms with Gasteiger partial charge in [0.15, 0.2) is 0 Å². The minimum atomic E-state index is -0.459. The number of primary amides is 1. The van der Waals surface area contributed by atoms with Crippen LogP contribution in [0.2, 0.25) is 0 Å². The van der Waals surface area contributed by atoms with Gasteiger partial charge >= 0.3 is 0 Å². The molecule has 0 spiro atoms. The van der Waals surface area contributed by atoms with Crippen LogP contribution in [-0.4, -0.2) is 34.6 Å². The molecule has 1 aromatic carbocycles. The van der Waals surface area contributed by atoms with Crippen molar-refractivity contribution in [2.75, 3.05) is 6.54 Å². The standard InChI is InChI=1S/C12H15BrN2O2/c13-9-3-1-2-8(4-9)6-15-7-10(16)5-11(15)12(14)17/h1-4,10-11,16H,5-7H2,(H2,14,17). The predicted molar refractivity (Wildman–Crippen MR) is 68.2 cm³/mol. The third kappa shape index (κ3) is 3.06. The monoisotopic (exact) mass is 298 g/mol. The number of likely N-dealkylation sites (tertiary alicyclic amines) is 1. The molecule has 0 aromatic heterocycles. The number of aliphatic hydroxyl groups excluding tert-OH is 1. The molecule has 0 saturated carbocycles. The fraction of sp³-hybridized carbons (Fsp3) is 0.417. The van der Waals surface area contributed by atoms with Crippen LogP contribution in [0, 0.1) is 0 Å². The van der Waals surface area contributed by atoms with Gasteiger partial charge < -0.3 is 10.8 Å². The number of nitrogens with zero attached hydrogens (tertiary/aromatic N) is 1. The van der Waals surface area contributed by atoms with Crippen LogP contribution in [0.1, 0.15) is 12.0 Å². The molecule has 0 radical (unpaired) electrons. The Kier molecular flexibility index (Phi) is 3.81. The lowest BCUT2D eigenvalue weighted by Gasteiger charge is -2.21. The number of hydrogen-bond acceptors (Lipinski definition) is 3. The van der Waals surface area contributed by atoms with Gasteiger partial charge in [-0.25, -0.2) is 0 Å². The molecule has 92 valence electrons. The molecule has 2 rings (SSSR count). The molecule has 1 heterocycles. The topological polar surface area (TPSA) is 66.6 Å². The highest BCUT2D eigenvalue weighted by Gasteiger charge is 2.34. The fourth-order valence-corrected chi connectivity index (χ4v) is 2.67. The molecule has 0 bridgehead atoms. The van der Waals surface area contributed by atoms with Crippen molar-refractivity contribution in [3.05, 3.63) is 34.3 Å². The maximum absolute atomic E-state index is 11.3. The van der Waals surface area contributed by atoms with E-state index in [-0.39, 0.29) is 11.9 Å². The van der Waals surface area contributed by atoms with E-state index in [1.54, 1.807) is 0 Å². The first-order chi connectivity index (χ1) is 8.06. The van der Waals surface area contributed by atoms with Crippen molar-refractivity contribution in [1.82, 2.24) is 4.90 Å². The summed E-state index contributed by atoms with van der Waals surface area (Å²) in [5, 5.41) is 9.59. The summed E-state index contributed by atoms with van der Waals surface area (Å²) in [7, 11) is 0. The number of rotatable bonds is 3.